The first kappa shape index (κ1) is 13.9. The molecule has 22 heavy (non-hydrogen) atoms. The first-order valence-corrected chi connectivity index (χ1v) is 6.44. The van der Waals surface area contributed by atoms with Crippen molar-refractivity contribution in [1.29, 1.82) is 0 Å². The lowest BCUT2D eigenvalue weighted by atomic mass is 10.1. The third kappa shape index (κ3) is 2.14. The predicted molar refractivity (Wildman–Crippen MR) is 75.7 cm³/mol. The molecule has 112 valence electrons. The van der Waals surface area contributed by atoms with Gasteiger partial charge in [-0.2, -0.15) is 0 Å². The zero-order valence-electron chi connectivity index (χ0n) is 11.9. The maximum Gasteiger partial charge on any atom is 0.341 e. The number of hydrogen-bond donors (Lipinski definition) is 0. The van der Waals surface area contributed by atoms with E-state index in [4.69, 9.17) is 18.9 Å². The molecule has 2 aromatic rings. The summed E-state index contributed by atoms with van der Waals surface area (Å²) in [7, 11) is 2.57. The molecule has 0 radical (unpaired) electrons. The fourth-order valence-corrected chi connectivity index (χ4v) is 2.16. The number of carbonyl (C=O) groups is 2. The number of carbonyl (C=O) groups excluding carboxylic acids is 2. The smallest absolute Gasteiger partial charge is 0.341 e. The molecule has 0 spiro atoms. The monoisotopic (exact) mass is 300 g/mol. The summed E-state index contributed by atoms with van der Waals surface area (Å²) < 4.78 is 20.9. The van der Waals surface area contributed by atoms with Crippen molar-refractivity contribution < 1.29 is 28.5 Å². The van der Waals surface area contributed by atoms with Gasteiger partial charge in [-0.1, -0.05) is 12.1 Å². The standard InChI is InChI=1S/C16H12O6/c1-19-15(17)9-5-3-7-11-13(9)21-12-8-4-6-10(14(12)22-11)16(18)20-2/h3-8H,1-2H3. The molecule has 1 heterocycles. The zero-order chi connectivity index (χ0) is 15.7. The SMILES string of the molecule is COC(=O)c1cccc2c1Oc1cccc(C(=O)OC)c1O2. The van der Waals surface area contributed by atoms with Crippen molar-refractivity contribution in [3.63, 3.8) is 0 Å². The van der Waals surface area contributed by atoms with E-state index in [9.17, 15) is 9.59 Å². The van der Waals surface area contributed by atoms with Gasteiger partial charge in [0.2, 0.25) is 0 Å². The second-order valence-electron chi connectivity index (χ2n) is 4.45. The van der Waals surface area contributed by atoms with Crippen LogP contribution in [-0.4, -0.2) is 26.2 Å². The summed E-state index contributed by atoms with van der Waals surface area (Å²) in [5.74, 6) is 0.0901. The minimum absolute atomic E-state index is 0.245. The van der Waals surface area contributed by atoms with Gasteiger partial charge in [-0.25, -0.2) is 9.59 Å². The molecule has 0 saturated carbocycles. The van der Waals surface area contributed by atoms with Gasteiger partial charge in [0.15, 0.2) is 23.0 Å². The van der Waals surface area contributed by atoms with Crippen LogP contribution in [-0.2, 0) is 9.47 Å². The van der Waals surface area contributed by atoms with Crippen LogP contribution in [0.25, 0.3) is 0 Å². The third-order valence-electron chi connectivity index (χ3n) is 3.19. The van der Waals surface area contributed by atoms with Crippen LogP contribution in [0.3, 0.4) is 0 Å². The van der Waals surface area contributed by atoms with E-state index in [0.29, 0.717) is 11.5 Å². The molecule has 3 rings (SSSR count). The normalized spacial score (nSPS) is 11.4. The van der Waals surface area contributed by atoms with Gasteiger partial charge in [0, 0.05) is 0 Å². The highest BCUT2D eigenvalue weighted by Crippen LogP contribution is 2.48. The molecule has 0 bridgehead atoms. The molecule has 6 nitrogen and oxygen atoms in total. The molecule has 0 N–H and O–H groups in total. The molecule has 0 aromatic heterocycles. The lowest BCUT2D eigenvalue weighted by Gasteiger charge is -2.23. The highest BCUT2D eigenvalue weighted by Gasteiger charge is 2.28. The lowest BCUT2D eigenvalue weighted by molar-refractivity contribution is 0.0584. The number of ether oxygens (including phenoxy) is 4. The Kier molecular flexibility index (Phi) is 3.42. The van der Waals surface area contributed by atoms with Crippen molar-refractivity contribution in [2.75, 3.05) is 14.2 Å². The molecule has 0 amide bonds. The van der Waals surface area contributed by atoms with Crippen molar-refractivity contribution in [2.24, 2.45) is 0 Å². The average Bonchev–Trinajstić information content (AvgIpc) is 2.57. The van der Waals surface area contributed by atoms with E-state index in [1.165, 1.54) is 14.2 Å². The van der Waals surface area contributed by atoms with Gasteiger partial charge in [-0.05, 0) is 24.3 Å². The number of rotatable bonds is 2. The van der Waals surface area contributed by atoms with Crippen LogP contribution in [0.2, 0.25) is 0 Å². The van der Waals surface area contributed by atoms with E-state index >= 15 is 0 Å². The Morgan fingerprint density at radius 3 is 1.55 bits per heavy atom. The minimum Gasteiger partial charge on any atom is -0.465 e. The van der Waals surface area contributed by atoms with Crippen molar-refractivity contribution in [2.45, 2.75) is 0 Å². The van der Waals surface area contributed by atoms with Crippen molar-refractivity contribution >= 4 is 11.9 Å². The van der Waals surface area contributed by atoms with Gasteiger partial charge in [0.05, 0.1) is 14.2 Å². The second kappa shape index (κ2) is 5.40. The molecule has 6 heteroatoms. The van der Waals surface area contributed by atoms with Crippen LogP contribution in [0, 0.1) is 0 Å². The summed E-state index contributed by atoms with van der Waals surface area (Å²) in [6.45, 7) is 0. The van der Waals surface area contributed by atoms with E-state index in [1.807, 2.05) is 0 Å². The molecule has 1 aliphatic heterocycles. The van der Waals surface area contributed by atoms with Crippen molar-refractivity contribution in [3.05, 3.63) is 47.5 Å². The number of benzene rings is 2. The Hall–Kier alpha value is -3.02. The summed E-state index contributed by atoms with van der Waals surface area (Å²) in [5, 5.41) is 0. The van der Waals surface area contributed by atoms with Gasteiger partial charge in [0.25, 0.3) is 0 Å². The van der Waals surface area contributed by atoms with E-state index in [0.717, 1.165) is 0 Å². The first-order chi connectivity index (χ1) is 10.7. The van der Waals surface area contributed by atoms with E-state index < -0.39 is 11.9 Å². The minimum atomic E-state index is -0.534. The van der Waals surface area contributed by atoms with Crippen LogP contribution in [0.15, 0.2) is 36.4 Å². The largest absolute Gasteiger partial charge is 0.465 e. The fraction of sp³-hybridized carbons (Fsp3) is 0.125. The summed E-state index contributed by atoms with van der Waals surface area (Å²) in [5.41, 5.74) is 0.489. The fourth-order valence-electron chi connectivity index (χ4n) is 2.16. The Labute approximate surface area is 126 Å². The maximum atomic E-state index is 11.8. The van der Waals surface area contributed by atoms with Crippen molar-refractivity contribution in [3.8, 4) is 23.0 Å². The topological polar surface area (TPSA) is 71.1 Å². The molecular formula is C16H12O6. The Morgan fingerprint density at radius 2 is 1.18 bits per heavy atom. The molecular weight excluding hydrogens is 288 g/mol. The van der Waals surface area contributed by atoms with Crippen LogP contribution >= 0.6 is 0 Å². The van der Waals surface area contributed by atoms with Crippen LogP contribution in [0.5, 0.6) is 23.0 Å². The van der Waals surface area contributed by atoms with Gasteiger partial charge < -0.3 is 18.9 Å². The predicted octanol–water partition coefficient (Wildman–Crippen LogP) is 3.16. The molecule has 2 aromatic carbocycles. The summed E-state index contributed by atoms with van der Waals surface area (Å²) >= 11 is 0. The van der Waals surface area contributed by atoms with Gasteiger partial charge in [-0.15, -0.1) is 0 Å². The number of para-hydroxylation sites is 2. The lowest BCUT2D eigenvalue weighted by Crippen LogP contribution is -2.10. The van der Waals surface area contributed by atoms with Gasteiger partial charge in [0.1, 0.15) is 11.1 Å². The molecule has 0 aliphatic carbocycles. The number of fused-ring (bicyclic) bond motifs is 2. The highest BCUT2D eigenvalue weighted by atomic mass is 16.6. The summed E-state index contributed by atoms with van der Waals surface area (Å²) in [6.07, 6.45) is 0. The maximum absolute atomic E-state index is 11.8. The van der Waals surface area contributed by atoms with Gasteiger partial charge in [-0.3, -0.25) is 0 Å². The molecule has 0 fully saturated rings. The highest BCUT2D eigenvalue weighted by molar-refractivity contribution is 5.96. The van der Waals surface area contributed by atoms with Crippen LogP contribution < -0.4 is 9.47 Å². The quantitative estimate of drug-likeness (QED) is 0.677. The summed E-state index contributed by atoms with van der Waals surface area (Å²) in [4.78, 5) is 23.6. The van der Waals surface area contributed by atoms with E-state index in [1.54, 1.807) is 36.4 Å². The Bertz CT molecular complexity index is 700. The number of esters is 2. The molecule has 0 unspecified atom stereocenters. The van der Waals surface area contributed by atoms with E-state index in [2.05, 4.69) is 0 Å². The summed E-state index contributed by atoms with van der Waals surface area (Å²) in [6, 6.07) is 9.70. The average molecular weight is 300 g/mol. The molecule has 0 atom stereocenters. The third-order valence-corrected chi connectivity index (χ3v) is 3.19. The van der Waals surface area contributed by atoms with Gasteiger partial charge >= 0.3 is 11.9 Å². The first-order valence-electron chi connectivity index (χ1n) is 6.44. The van der Waals surface area contributed by atoms with E-state index in [-0.39, 0.29) is 22.6 Å². The van der Waals surface area contributed by atoms with Crippen molar-refractivity contribution in [1.82, 2.24) is 0 Å². The second-order valence-corrected chi connectivity index (χ2v) is 4.45. The zero-order valence-corrected chi connectivity index (χ0v) is 11.9. The van der Waals surface area contributed by atoms with Crippen LogP contribution in [0.1, 0.15) is 20.7 Å². The van der Waals surface area contributed by atoms with Crippen LogP contribution in [0.4, 0.5) is 0 Å². The Balaban J connectivity index is 2.10. The molecule has 0 saturated heterocycles. The number of hydrogen-bond acceptors (Lipinski definition) is 6. The number of methoxy groups -OCH3 is 2. The molecule has 1 aliphatic rings. The Morgan fingerprint density at radius 1 is 0.773 bits per heavy atom.